The van der Waals surface area contributed by atoms with Crippen molar-refractivity contribution >= 4 is 0 Å². The molecule has 2 N–H and O–H groups in total. The van der Waals surface area contributed by atoms with Crippen molar-refractivity contribution in [1.82, 2.24) is 10.2 Å². The van der Waals surface area contributed by atoms with Gasteiger partial charge in [-0.05, 0) is 50.3 Å². The van der Waals surface area contributed by atoms with Gasteiger partial charge in [-0.15, -0.1) is 0 Å². The SMILES string of the molecule is CC1CCCC(N2CCC(NCC(O)c3ccccc3)CC2)C1. The zero-order chi connectivity index (χ0) is 16.1. The first-order chi connectivity index (χ1) is 11.2. The number of aliphatic hydroxyl groups is 1. The topological polar surface area (TPSA) is 35.5 Å². The van der Waals surface area contributed by atoms with Crippen molar-refractivity contribution in [3.63, 3.8) is 0 Å². The molecule has 23 heavy (non-hydrogen) atoms. The molecule has 0 amide bonds. The average molecular weight is 316 g/mol. The highest BCUT2D eigenvalue weighted by Gasteiger charge is 2.28. The highest BCUT2D eigenvalue weighted by Crippen LogP contribution is 2.29. The van der Waals surface area contributed by atoms with E-state index in [2.05, 4.69) is 17.1 Å². The molecule has 1 saturated carbocycles. The van der Waals surface area contributed by atoms with E-state index in [1.807, 2.05) is 30.3 Å². The van der Waals surface area contributed by atoms with Gasteiger partial charge in [-0.3, -0.25) is 0 Å². The summed E-state index contributed by atoms with van der Waals surface area (Å²) in [6.45, 7) is 5.51. The number of piperidine rings is 1. The molecule has 3 heteroatoms. The Balaban J connectivity index is 1.39. The summed E-state index contributed by atoms with van der Waals surface area (Å²) in [5, 5.41) is 13.8. The Morgan fingerprint density at radius 1 is 1.13 bits per heavy atom. The summed E-state index contributed by atoms with van der Waals surface area (Å²) < 4.78 is 0. The van der Waals surface area contributed by atoms with Crippen LogP contribution in [-0.2, 0) is 0 Å². The largest absolute Gasteiger partial charge is 0.387 e. The molecule has 1 saturated heterocycles. The Morgan fingerprint density at radius 2 is 1.87 bits per heavy atom. The molecule has 1 aliphatic carbocycles. The molecule has 3 nitrogen and oxygen atoms in total. The summed E-state index contributed by atoms with van der Waals surface area (Å²) in [5.41, 5.74) is 1.01. The number of nitrogens with one attached hydrogen (secondary N) is 1. The van der Waals surface area contributed by atoms with Crippen LogP contribution in [0, 0.1) is 5.92 Å². The Labute approximate surface area is 141 Å². The lowest BCUT2D eigenvalue weighted by atomic mass is 9.85. The number of rotatable bonds is 5. The predicted octanol–water partition coefficient (Wildman–Crippen LogP) is 3.35. The van der Waals surface area contributed by atoms with E-state index >= 15 is 0 Å². The van der Waals surface area contributed by atoms with Crippen LogP contribution in [0.1, 0.15) is 57.1 Å². The summed E-state index contributed by atoms with van der Waals surface area (Å²) in [4.78, 5) is 2.72. The molecule has 0 bridgehead atoms. The van der Waals surface area contributed by atoms with Crippen molar-refractivity contribution in [2.24, 2.45) is 5.92 Å². The zero-order valence-electron chi connectivity index (χ0n) is 14.5. The fourth-order valence-corrected chi connectivity index (χ4v) is 4.27. The Bertz CT molecular complexity index is 456. The van der Waals surface area contributed by atoms with E-state index < -0.39 is 6.10 Å². The van der Waals surface area contributed by atoms with Crippen LogP contribution >= 0.6 is 0 Å². The Hall–Kier alpha value is -0.900. The van der Waals surface area contributed by atoms with Crippen molar-refractivity contribution in [3.8, 4) is 0 Å². The molecule has 2 fully saturated rings. The quantitative estimate of drug-likeness (QED) is 0.874. The maximum absolute atomic E-state index is 10.3. The van der Waals surface area contributed by atoms with E-state index in [4.69, 9.17) is 0 Å². The van der Waals surface area contributed by atoms with Crippen molar-refractivity contribution in [1.29, 1.82) is 0 Å². The van der Waals surface area contributed by atoms with Gasteiger partial charge in [0.1, 0.15) is 0 Å². The van der Waals surface area contributed by atoms with Crippen LogP contribution < -0.4 is 5.32 Å². The van der Waals surface area contributed by atoms with Gasteiger partial charge >= 0.3 is 0 Å². The third-order valence-corrected chi connectivity index (χ3v) is 5.74. The van der Waals surface area contributed by atoms with Gasteiger partial charge in [-0.1, -0.05) is 50.1 Å². The van der Waals surface area contributed by atoms with Crippen molar-refractivity contribution in [3.05, 3.63) is 35.9 Å². The fraction of sp³-hybridized carbons (Fsp3) is 0.700. The van der Waals surface area contributed by atoms with Gasteiger partial charge in [-0.2, -0.15) is 0 Å². The zero-order valence-corrected chi connectivity index (χ0v) is 14.5. The highest BCUT2D eigenvalue weighted by molar-refractivity contribution is 5.17. The van der Waals surface area contributed by atoms with Crippen LogP contribution in [0.15, 0.2) is 30.3 Å². The summed E-state index contributed by atoms with van der Waals surface area (Å²) in [5.74, 6) is 0.908. The van der Waals surface area contributed by atoms with Gasteiger partial charge in [0.15, 0.2) is 0 Å². The predicted molar refractivity (Wildman–Crippen MR) is 95.4 cm³/mol. The first-order valence-electron chi connectivity index (χ1n) is 9.43. The van der Waals surface area contributed by atoms with Crippen LogP contribution in [-0.4, -0.2) is 41.7 Å². The van der Waals surface area contributed by atoms with Gasteiger partial charge < -0.3 is 15.3 Å². The minimum absolute atomic E-state index is 0.395. The second kappa shape index (κ2) is 8.27. The van der Waals surface area contributed by atoms with E-state index in [1.165, 1.54) is 51.6 Å². The number of nitrogens with zero attached hydrogens (tertiary/aromatic N) is 1. The lowest BCUT2D eigenvalue weighted by molar-refractivity contribution is 0.0950. The van der Waals surface area contributed by atoms with Gasteiger partial charge in [0, 0.05) is 18.6 Å². The second-order valence-electron chi connectivity index (χ2n) is 7.57. The molecule has 0 aromatic heterocycles. The number of benzene rings is 1. The molecule has 3 unspecified atom stereocenters. The van der Waals surface area contributed by atoms with Crippen LogP contribution in [0.4, 0.5) is 0 Å². The molecule has 0 spiro atoms. The van der Waals surface area contributed by atoms with Crippen molar-refractivity contribution in [2.45, 2.75) is 63.6 Å². The summed E-state index contributed by atoms with van der Waals surface area (Å²) >= 11 is 0. The molecule has 1 aromatic carbocycles. The lowest BCUT2D eigenvalue weighted by Gasteiger charge is -2.41. The summed E-state index contributed by atoms with van der Waals surface area (Å²) in [6.07, 6.45) is 7.66. The fourth-order valence-electron chi connectivity index (χ4n) is 4.27. The minimum atomic E-state index is -0.395. The van der Waals surface area contributed by atoms with E-state index in [0.29, 0.717) is 12.6 Å². The minimum Gasteiger partial charge on any atom is -0.387 e. The second-order valence-corrected chi connectivity index (χ2v) is 7.57. The maximum Gasteiger partial charge on any atom is 0.0914 e. The molecule has 0 radical (unpaired) electrons. The normalized spacial score (nSPS) is 28.6. The van der Waals surface area contributed by atoms with Crippen LogP contribution in [0.3, 0.4) is 0 Å². The van der Waals surface area contributed by atoms with Gasteiger partial charge in [0.25, 0.3) is 0 Å². The highest BCUT2D eigenvalue weighted by atomic mass is 16.3. The van der Waals surface area contributed by atoms with Crippen molar-refractivity contribution in [2.75, 3.05) is 19.6 Å². The third-order valence-electron chi connectivity index (χ3n) is 5.74. The molecule has 128 valence electrons. The van der Waals surface area contributed by atoms with Crippen molar-refractivity contribution < 1.29 is 5.11 Å². The Kier molecular flexibility index (Phi) is 6.09. The molecule has 1 aromatic rings. The average Bonchev–Trinajstić information content (AvgIpc) is 2.61. The van der Waals surface area contributed by atoms with Crippen LogP contribution in [0.5, 0.6) is 0 Å². The number of likely N-dealkylation sites (tertiary alicyclic amines) is 1. The number of aliphatic hydroxyl groups excluding tert-OH is 1. The standard InChI is InChI=1S/C20H32N2O/c1-16-6-5-9-19(14-16)22-12-10-18(11-13-22)21-15-20(23)17-7-3-2-4-8-17/h2-4,7-8,16,18-21,23H,5-6,9-15H2,1H3. The Morgan fingerprint density at radius 3 is 2.57 bits per heavy atom. The van der Waals surface area contributed by atoms with E-state index in [1.54, 1.807) is 0 Å². The lowest BCUT2D eigenvalue weighted by Crippen LogP contribution is -2.48. The number of hydrogen-bond acceptors (Lipinski definition) is 3. The van der Waals surface area contributed by atoms with Gasteiger partial charge in [-0.25, -0.2) is 0 Å². The first kappa shape index (κ1) is 16.9. The molecule has 1 aliphatic heterocycles. The van der Waals surface area contributed by atoms with E-state index in [9.17, 15) is 5.11 Å². The molecule has 2 aliphatic rings. The molecule has 3 atom stereocenters. The smallest absolute Gasteiger partial charge is 0.0914 e. The van der Waals surface area contributed by atoms with E-state index in [-0.39, 0.29) is 0 Å². The van der Waals surface area contributed by atoms with Crippen LogP contribution in [0.25, 0.3) is 0 Å². The third kappa shape index (κ3) is 4.79. The first-order valence-corrected chi connectivity index (χ1v) is 9.43. The molecular formula is C20H32N2O. The number of hydrogen-bond donors (Lipinski definition) is 2. The van der Waals surface area contributed by atoms with Crippen LogP contribution in [0.2, 0.25) is 0 Å². The molecule has 3 rings (SSSR count). The van der Waals surface area contributed by atoms with Gasteiger partial charge in [0.05, 0.1) is 6.10 Å². The molecule has 1 heterocycles. The summed E-state index contributed by atoms with van der Waals surface area (Å²) in [7, 11) is 0. The van der Waals surface area contributed by atoms with Gasteiger partial charge in [0.2, 0.25) is 0 Å². The van der Waals surface area contributed by atoms with E-state index in [0.717, 1.165) is 17.5 Å². The summed E-state index contributed by atoms with van der Waals surface area (Å²) in [6, 6.07) is 11.4. The monoisotopic (exact) mass is 316 g/mol. The molecular weight excluding hydrogens is 284 g/mol. The maximum atomic E-state index is 10.3.